The van der Waals surface area contributed by atoms with Gasteiger partial charge in [0.05, 0.1) is 28.9 Å². The van der Waals surface area contributed by atoms with Crippen LogP contribution in [0.25, 0.3) is 5.69 Å². The minimum absolute atomic E-state index is 0.0200. The van der Waals surface area contributed by atoms with Crippen LogP contribution in [-0.2, 0) is 4.79 Å². The summed E-state index contributed by atoms with van der Waals surface area (Å²) in [6, 6.07) is 19.0. The molecule has 2 aliphatic rings. The van der Waals surface area contributed by atoms with Crippen molar-refractivity contribution in [3.63, 3.8) is 0 Å². The molecule has 182 valence electrons. The lowest BCUT2D eigenvalue weighted by Crippen LogP contribution is -2.42. The zero-order valence-electron chi connectivity index (χ0n) is 20.2. The van der Waals surface area contributed by atoms with E-state index in [2.05, 4.69) is 25.0 Å². The quantitative estimate of drug-likeness (QED) is 0.432. The predicted molar refractivity (Wildman–Crippen MR) is 142 cm³/mol. The third-order valence-corrected chi connectivity index (χ3v) is 7.42. The van der Waals surface area contributed by atoms with Crippen molar-refractivity contribution in [2.45, 2.75) is 39.5 Å². The summed E-state index contributed by atoms with van der Waals surface area (Å²) in [7, 11) is 0. The number of nitrogens with two attached hydrogens (primary N) is 1. The Hall–Kier alpha value is -3.53. The van der Waals surface area contributed by atoms with Crippen molar-refractivity contribution in [1.82, 2.24) is 9.78 Å². The second-order valence-electron chi connectivity index (χ2n) is 9.99. The van der Waals surface area contributed by atoms with Gasteiger partial charge in [0.15, 0.2) is 5.78 Å². The van der Waals surface area contributed by atoms with Gasteiger partial charge in [-0.3, -0.25) is 9.69 Å². The van der Waals surface area contributed by atoms with E-state index in [9.17, 15) is 10.1 Å². The summed E-state index contributed by atoms with van der Waals surface area (Å²) in [6.45, 7) is 5.97. The molecule has 2 aromatic carbocycles. The molecule has 1 atom stereocenters. The number of nitriles is 1. The minimum Gasteiger partial charge on any atom is -0.384 e. The largest absolute Gasteiger partial charge is 0.384 e. The molecule has 0 amide bonds. The van der Waals surface area contributed by atoms with Crippen LogP contribution in [0.2, 0.25) is 10.2 Å². The highest BCUT2D eigenvalue weighted by Gasteiger charge is 2.46. The Morgan fingerprint density at radius 1 is 1.06 bits per heavy atom. The van der Waals surface area contributed by atoms with Gasteiger partial charge >= 0.3 is 0 Å². The van der Waals surface area contributed by atoms with E-state index in [1.165, 1.54) is 0 Å². The van der Waals surface area contributed by atoms with Crippen molar-refractivity contribution in [2.24, 2.45) is 11.1 Å². The number of nitrogens with zero attached hydrogens (tertiary/aromatic N) is 4. The molecule has 2 N–H and O–H groups in total. The lowest BCUT2D eigenvalue weighted by Gasteiger charge is -2.43. The Bertz CT molecular complexity index is 1480. The summed E-state index contributed by atoms with van der Waals surface area (Å²) in [4.78, 5) is 15.6. The molecule has 0 saturated carbocycles. The maximum Gasteiger partial charge on any atom is 0.162 e. The maximum atomic E-state index is 13.8. The molecule has 0 bridgehead atoms. The molecule has 0 radical (unpaired) electrons. The normalized spacial score (nSPS) is 19.4. The molecule has 1 aliphatic heterocycles. The third-order valence-electron chi connectivity index (χ3n) is 6.80. The lowest BCUT2D eigenvalue weighted by atomic mass is 9.68. The van der Waals surface area contributed by atoms with Gasteiger partial charge in [-0.15, -0.1) is 0 Å². The topological polar surface area (TPSA) is 87.9 Å². The average molecular weight is 518 g/mol. The van der Waals surface area contributed by atoms with Crippen LogP contribution in [0, 0.1) is 23.7 Å². The van der Waals surface area contributed by atoms with Crippen molar-refractivity contribution >= 4 is 34.7 Å². The van der Waals surface area contributed by atoms with Crippen LogP contribution in [0.4, 0.5) is 5.69 Å². The van der Waals surface area contributed by atoms with Crippen LogP contribution < -0.4 is 10.6 Å². The van der Waals surface area contributed by atoms with Crippen LogP contribution in [-0.4, -0.2) is 15.6 Å². The number of allylic oxidation sites excluding steroid dienone is 3. The van der Waals surface area contributed by atoms with Gasteiger partial charge in [0, 0.05) is 34.0 Å². The summed E-state index contributed by atoms with van der Waals surface area (Å²) in [5, 5.41) is 16.0. The Labute approximate surface area is 220 Å². The van der Waals surface area contributed by atoms with E-state index in [-0.39, 0.29) is 22.6 Å². The van der Waals surface area contributed by atoms with Gasteiger partial charge in [0.2, 0.25) is 0 Å². The van der Waals surface area contributed by atoms with E-state index in [0.29, 0.717) is 39.8 Å². The Morgan fingerprint density at radius 2 is 1.72 bits per heavy atom. The van der Waals surface area contributed by atoms with Crippen LogP contribution >= 0.6 is 23.2 Å². The fourth-order valence-electron chi connectivity index (χ4n) is 5.26. The summed E-state index contributed by atoms with van der Waals surface area (Å²) < 4.78 is 1.64. The second kappa shape index (κ2) is 8.85. The van der Waals surface area contributed by atoms with E-state index in [1.807, 2.05) is 54.3 Å². The number of aryl methyl sites for hydroxylation is 1. The molecule has 0 saturated heterocycles. The van der Waals surface area contributed by atoms with Gasteiger partial charge in [-0.1, -0.05) is 55.2 Å². The molecule has 0 spiro atoms. The first-order chi connectivity index (χ1) is 17.1. The summed E-state index contributed by atoms with van der Waals surface area (Å²) in [6.07, 6.45) is 0.967. The van der Waals surface area contributed by atoms with E-state index >= 15 is 0 Å². The summed E-state index contributed by atoms with van der Waals surface area (Å²) in [5.74, 6) is -0.451. The molecule has 1 aromatic heterocycles. The molecule has 8 heteroatoms. The number of aromatic nitrogens is 2. The summed E-state index contributed by atoms with van der Waals surface area (Å²) in [5.41, 5.74) is 10.8. The van der Waals surface area contributed by atoms with Gasteiger partial charge in [-0.2, -0.15) is 10.4 Å². The van der Waals surface area contributed by atoms with Gasteiger partial charge in [0.1, 0.15) is 11.0 Å². The molecular weight excluding hydrogens is 493 g/mol. The Kier molecular flexibility index (Phi) is 5.94. The van der Waals surface area contributed by atoms with Crippen LogP contribution in [0.1, 0.15) is 43.9 Å². The highest BCUT2D eigenvalue weighted by atomic mass is 35.5. The van der Waals surface area contributed by atoms with Crippen LogP contribution in [0.3, 0.4) is 0 Å². The number of carbonyl (C=O) groups excluding carboxylic acids is 1. The molecule has 0 fully saturated rings. The van der Waals surface area contributed by atoms with Crippen molar-refractivity contribution in [3.8, 4) is 11.8 Å². The molecule has 36 heavy (non-hydrogen) atoms. The smallest absolute Gasteiger partial charge is 0.162 e. The van der Waals surface area contributed by atoms with Gasteiger partial charge < -0.3 is 5.73 Å². The lowest BCUT2D eigenvalue weighted by molar-refractivity contribution is -0.118. The Morgan fingerprint density at radius 3 is 2.36 bits per heavy atom. The molecular formula is C28H25Cl2N5O. The number of ketones is 1. The van der Waals surface area contributed by atoms with Crippen molar-refractivity contribution < 1.29 is 4.79 Å². The third kappa shape index (κ3) is 3.89. The maximum absolute atomic E-state index is 13.8. The van der Waals surface area contributed by atoms with E-state index in [0.717, 1.165) is 17.1 Å². The first-order valence-electron chi connectivity index (χ1n) is 11.6. The number of hydrogen-bond acceptors (Lipinski definition) is 5. The molecule has 1 aliphatic carbocycles. The number of halogens is 2. The zero-order chi connectivity index (χ0) is 25.8. The van der Waals surface area contributed by atoms with Crippen molar-refractivity contribution in [3.05, 3.63) is 98.7 Å². The number of Topliss-reactive ketones (excluding diaryl/α,β-unsaturated/α-hetero) is 1. The van der Waals surface area contributed by atoms with E-state index in [4.69, 9.17) is 28.9 Å². The van der Waals surface area contributed by atoms with Crippen molar-refractivity contribution in [1.29, 1.82) is 5.26 Å². The molecule has 2 heterocycles. The average Bonchev–Trinajstić information content (AvgIpc) is 3.12. The predicted octanol–water partition coefficient (Wildman–Crippen LogP) is 6.43. The van der Waals surface area contributed by atoms with Gasteiger partial charge in [-0.05, 0) is 55.2 Å². The zero-order valence-corrected chi connectivity index (χ0v) is 21.7. The van der Waals surface area contributed by atoms with E-state index < -0.39 is 5.92 Å². The number of hydrogen-bond donors (Lipinski definition) is 1. The number of anilines is 1. The fraction of sp³-hybridized carbons (Fsp3) is 0.250. The SMILES string of the molecule is Cc1nn(-c2ccccc2)c(Cl)c1C1C(C#N)=C(N)N(c2ccc(Cl)cc2)C2=C1C(=O)CC(C)(C)C2. The Balaban J connectivity index is 1.78. The first-order valence-corrected chi connectivity index (χ1v) is 12.4. The summed E-state index contributed by atoms with van der Waals surface area (Å²) >= 11 is 13.1. The van der Waals surface area contributed by atoms with Gasteiger partial charge in [-0.25, -0.2) is 4.68 Å². The minimum atomic E-state index is -0.706. The number of para-hydroxylation sites is 1. The van der Waals surface area contributed by atoms with Crippen molar-refractivity contribution in [2.75, 3.05) is 4.90 Å². The van der Waals surface area contributed by atoms with Crippen LogP contribution in [0.15, 0.2) is 77.3 Å². The molecule has 3 aromatic rings. The van der Waals surface area contributed by atoms with E-state index in [1.54, 1.807) is 16.8 Å². The van der Waals surface area contributed by atoms with Gasteiger partial charge in [0.25, 0.3) is 0 Å². The molecule has 5 rings (SSSR count). The molecule has 1 unspecified atom stereocenters. The highest BCUT2D eigenvalue weighted by Crippen LogP contribution is 2.51. The first kappa shape index (κ1) is 24.2. The standard InChI is InChI=1S/C28H25Cl2N5O/c1-16-23(26(30)35(33-16)19-7-5-4-6-8-19)24-20(15-31)27(32)34(18-11-9-17(29)10-12-18)21-13-28(2,3)14-22(36)25(21)24/h4-12,24H,13-14,32H2,1-3H3. The number of rotatable bonds is 3. The monoisotopic (exact) mass is 517 g/mol. The number of carbonyl (C=O) groups is 1. The second-order valence-corrected chi connectivity index (χ2v) is 10.8. The molecule has 6 nitrogen and oxygen atoms in total. The highest BCUT2D eigenvalue weighted by molar-refractivity contribution is 6.31. The fourth-order valence-corrected chi connectivity index (χ4v) is 5.77. The van der Waals surface area contributed by atoms with Crippen LogP contribution in [0.5, 0.6) is 0 Å². The number of benzene rings is 2.